The van der Waals surface area contributed by atoms with Crippen molar-refractivity contribution in [3.8, 4) is 0 Å². The first-order valence-corrected chi connectivity index (χ1v) is 35.0. The van der Waals surface area contributed by atoms with Crippen LogP contribution in [0.3, 0.4) is 0 Å². The maximum Gasteiger partial charge on any atom is 0.472 e. The molecule has 3 heterocycles. The highest BCUT2D eigenvalue weighted by Gasteiger charge is 2.48. The normalized spacial score (nSPS) is 26.0. The number of phosphoric ester groups is 1. The zero-order chi connectivity index (χ0) is 74.9. The van der Waals surface area contributed by atoms with Gasteiger partial charge in [-0.05, 0) is 33.6 Å². The Balaban J connectivity index is 1.57. The van der Waals surface area contributed by atoms with E-state index in [0.29, 0.717) is 6.42 Å². The van der Waals surface area contributed by atoms with Crippen molar-refractivity contribution >= 4 is 49.2 Å². The summed E-state index contributed by atoms with van der Waals surface area (Å²) >= 11 is 0. The number of amides is 7. The van der Waals surface area contributed by atoms with E-state index in [1.165, 1.54) is 30.6 Å². The van der Waals surface area contributed by atoms with Gasteiger partial charge in [0.15, 0.2) is 18.9 Å². The lowest BCUT2D eigenvalue weighted by atomic mass is 9.97. The van der Waals surface area contributed by atoms with Crippen LogP contribution >= 0.6 is 7.82 Å². The zero-order valence-corrected chi connectivity index (χ0v) is 59.3. The molecule has 3 saturated heterocycles. The maximum absolute atomic E-state index is 13.9. The first-order chi connectivity index (χ1) is 48.0. The van der Waals surface area contributed by atoms with Gasteiger partial charge >= 0.3 is 7.82 Å². The van der Waals surface area contributed by atoms with E-state index in [1.807, 2.05) is 0 Å². The molecule has 16 N–H and O–H groups in total. The van der Waals surface area contributed by atoms with E-state index in [2.05, 4.69) is 31.9 Å². The Hall–Kier alpha value is -4.48. The van der Waals surface area contributed by atoms with Gasteiger partial charge in [0.25, 0.3) is 0 Å². The van der Waals surface area contributed by atoms with Crippen LogP contribution in [0.15, 0.2) is 0 Å². The van der Waals surface area contributed by atoms with Crippen molar-refractivity contribution in [2.45, 2.75) is 165 Å². The van der Waals surface area contributed by atoms with E-state index in [-0.39, 0.29) is 171 Å². The second-order valence-electron chi connectivity index (χ2n) is 24.5. The summed E-state index contributed by atoms with van der Waals surface area (Å²) in [7, 11) is -4.36. The Morgan fingerprint density at radius 1 is 0.436 bits per heavy atom. The van der Waals surface area contributed by atoms with Crippen molar-refractivity contribution in [3.63, 3.8) is 0 Å². The van der Waals surface area contributed by atoms with Crippen molar-refractivity contribution in [1.29, 1.82) is 0 Å². The third-order valence-corrected chi connectivity index (χ3v) is 16.2. The molecule has 588 valence electrons. The van der Waals surface area contributed by atoms with Gasteiger partial charge in [-0.25, -0.2) is 4.57 Å². The SMILES string of the molecule is CC(=O)NC1C(OCCOCCOCCNC(=O)CN(CCN(CC(=O)NCCOCCOCCOC2OC(CO)C(O)C(O)C2NC(C)=O)C(=O)CCCCCOP(=O)(O)OC(C)(C)C)CC(=O)NCCOCCOCCOC2OC(CO)C(O)C(O)C2NC(C)=O)OC(CO)C(O)C1O. The van der Waals surface area contributed by atoms with Crippen LogP contribution < -0.4 is 31.9 Å². The number of unbranched alkanes of at least 4 members (excludes halogenated alkanes) is 2. The molecule has 0 aliphatic carbocycles. The minimum atomic E-state index is -4.36. The number of hydrogen-bond acceptors (Lipinski definition) is 32. The van der Waals surface area contributed by atoms with Crippen LogP contribution in [0.5, 0.6) is 0 Å². The summed E-state index contributed by atoms with van der Waals surface area (Å²) in [5.41, 5.74) is -0.955. The quantitative estimate of drug-likeness (QED) is 0.0199. The first-order valence-electron chi connectivity index (χ1n) is 33.5. The Morgan fingerprint density at radius 2 is 0.762 bits per heavy atom. The molecule has 3 fully saturated rings. The van der Waals surface area contributed by atoms with Crippen LogP contribution in [0.25, 0.3) is 0 Å². The first kappa shape index (κ1) is 90.7. The summed E-state index contributed by atoms with van der Waals surface area (Å²) in [6.45, 7) is 5.61. The minimum Gasteiger partial charge on any atom is -0.394 e. The van der Waals surface area contributed by atoms with Crippen molar-refractivity contribution < 1.29 is 155 Å². The molecule has 0 aromatic heterocycles. The number of rotatable bonds is 53. The van der Waals surface area contributed by atoms with Crippen LogP contribution in [0.4, 0.5) is 0 Å². The van der Waals surface area contributed by atoms with Gasteiger partial charge in [-0.15, -0.1) is 0 Å². The van der Waals surface area contributed by atoms with Gasteiger partial charge in [0.2, 0.25) is 41.4 Å². The van der Waals surface area contributed by atoms with E-state index in [0.717, 1.165) is 0 Å². The van der Waals surface area contributed by atoms with E-state index in [4.69, 9.17) is 65.9 Å². The second kappa shape index (κ2) is 50.1. The Morgan fingerprint density at radius 3 is 1.09 bits per heavy atom. The van der Waals surface area contributed by atoms with Gasteiger partial charge in [0.05, 0.1) is 151 Å². The molecule has 3 aliphatic rings. The fourth-order valence-corrected chi connectivity index (χ4v) is 11.1. The molecule has 16 unspecified atom stereocenters. The molecule has 0 aromatic rings. The Labute approximate surface area is 586 Å². The lowest BCUT2D eigenvalue weighted by molar-refractivity contribution is -0.272. The summed E-state index contributed by atoms with van der Waals surface area (Å²) in [4.78, 5) is 102. The molecule has 41 heteroatoms. The number of phosphoric acid groups is 1. The van der Waals surface area contributed by atoms with Crippen molar-refractivity contribution in [2.24, 2.45) is 0 Å². The van der Waals surface area contributed by atoms with Gasteiger partial charge in [0, 0.05) is 59.9 Å². The number of carbonyl (C=O) groups excluding carboxylic acids is 7. The smallest absolute Gasteiger partial charge is 0.394 e. The second-order valence-corrected chi connectivity index (χ2v) is 25.9. The summed E-state index contributed by atoms with van der Waals surface area (Å²) in [5, 5.41) is 106. The molecular weight excluding hydrogens is 1380 g/mol. The number of aliphatic hydroxyl groups is 9. The van der Waals surface area contributed by atoms with E-state index < -0.39 is 173 Å². The monoisotopic (exact) mass is 1490 g/mol. The Kier molecular flexibility index (Phi) is 45.0. The van der Waals surface area contributed by atoms with Crippen LogP contribution in [0.1, 0.15) is 67.2 Å². The highest BCUT2D eigenvalue weighted by molar-refractivity contribution is 7.47. The molecule has 0 radical (unpaired) electrons. The van der Waals surface area contributed by atoms with Crippen LogP contribution in [0.2, 0.25) is 0 Å². The van der Waals surface area contributed by atoms with Crippen LogP contribution in [0, 0.1) is 0 Å². The topological polar surface area (TPSA) is 547 Å². The van der Waals surface area contributed by atoms with Crippen molar-refractivity contribution in [2.75, 3.05) is 178 Å². The highest BCUT2D eigenvalue weighted by atomic mass is 31.2. The minimum absolute atomic E-state index is 0.0156. The number of nitrogens with one attached hydrogen (secondary N) is 6. The summed E-state index contributed by atoms with van der Waals surface area (Å²) in [6, 6.07) is -3.38. The van der Waals surface area contributed by atoms with Gasteiger partial charge in [-0.3, -0.25) is 47.5 Å². The molecule has 101 heavy (non-hydrogen) atoms. The number of nitrogens with zero attached hydrogens (tertiary/aromatic N) is 2. The molecule has 7 amide bonds. The fourth-order valence-electron chi connectivity index (χ4n) is 10.0. The maximum atomic E-state index is 13.9. The number of aliphatic hydroxyl groups excluding tert-OH is 9. The molecule has 40 nitrogen and oxygen atoms in total. The average Bonchev–Trinajstić information content (AvgIpc) is 0.822. The van der Waals surface area contributed by atoms with Gasteiger partial charge in [0.1, 0.15) is 73.1 Å². The van der Waals surface area contributed by atoms with Gasteiger partial charge < -0.3 is 144 Å². The fraction of sp³-hybridized carbons (Fsp3) is 0.883. The molecule has 16 atom stereocenters. The molecule has 3 aliphatic heterocycles. The number of carbonyl (C=O) groups is 7. The average molecular weight is 1490 g/mol. The lowest BCUT2D eigenvalue weighted by Crippen LogP contribution is -2.64. The van der Waals surface area contributed by atoms with Crippen LogP contribution in [-0.2, 0) is 104 Å². The zero-order valence-electron chi connectivity index (χ0n) is 58.4. The predicted octanol–water partition coefficient (Wildman–Crippen LogP) is -8.06. The largest absolute Gasteiger partial charge is 0.472 e. The number of ether oxygens (including phenoxy) is 12. The molecule has 0 saturated carbocycles. The Bertz CT molecular complexity index is 2350. The van der Waals surface area contributed by atoms with Crippen LogP contribution in [-0.4, -0.2) is 377 Å². The molecule has 0 aromatic carbocycles. The van der Waals surface area contributed by atoms with Crippen molar-refractivity contribution in [1.82, 2.24) is 41.7 Å². The summed E-state index contributed by atoms with van der Waals surface area (Å²) in [6.07, 6.45) is -15.1. The third-order valence-electron chi connectivity index (χ3n) is 14.9. The van der Waals surface area contributed by atoms with E-state index in [9.17, 15) is 89.0 Å². The van der Waals surface area contributed by atoms with E-state index in [1.54, 1.807) is 20.8 Å². The highest BCUT2D eigenvalue weighted by Crippen LogP contribution is 2.47. The predicted molar refractivity (Wildman–Crippen MR) is 346 cm³/mol. The van der Waals surface area contributed by atoms with Gasteiger partial charge in [-0.1, -0.05) is 6.42 Å². The molecular formula is C60H111N8O32P. The standard InChI is InChI=1S/C60H111N8O32P/c1-38(72)64-48-54(82)51(79)41(35-69)97-57(48)93-29-26-90-23-20-87-17-11-61-44(75)32-67(33-45(76)62-12-18-88-21-24-91-27-30-94-58-49(65-39(2)73)55(83)52(80)42(36-70)98-58)14-15-68(47(78)10-8-7-9-16-96-101(85,86)100-60(4,5)6)34-46(77)63-13-19-89-22-25-92-28-31-95-59-50(66-40(3)74)56(84)53(81)43(37-71)99-59/h41-43,48-59,69-71,79-84H,7-37H2,1-6H3,(H,61,75)(H,62,76)(H,63,77)(H,64,72)(H,65,73)(H,66,74)(H,85,86). The van der Waals surface area contributed by atoms with Gasteiger partial charge in [-0.2, -0.15) is 0 Å². The third kappa shape index (κ3) is 37.4. The molecule has 0 bridgehead atoms. The lowest BCUT2D eigenvalue weighted by Gasteiger charge is -2.42. The number of hydrogen-bond donors (Lipinski definition) is 16. The van der Waals surface area contributed by atoms with E-state index >= 15 is 0 Å². The van der Waals surface area contributed by atoms with Crippen molar-refractivity contribution in [3.05, 3.63) is 0 Å². The summed E-state index contributed by atoms with van der Waals surface area (Å²) < 4.78 is 89.4. The summed E-state index contributed by atoms with van der Waals surface area (Å²) in [5.74, 6) is -3.62. The molecule has 3 rings (SSSR count). The molecule has 0 spiro atoms.